The topological polar surface area (TPSA) is 38.3 Å². The Balaban J connectivity index is 2.09. The molecule has 0 aliphatic carbocycles. The summed E-state index contributed by atoms with van der Waals surface area (Å²) in [4.78, 5) is 11.6. The van der Waals surface area contributed by atoms with Gasteiger partial charge in [-0.2, -0.15) is 0 Å². The Morgan fingerprint density at radius 3 is 2.94 bits per heavy atom. The van der Waals surface area contributed by atoms with Crippen LogP contribution in [0.2, 0.25) is 0 Å². The van der Waals surface area contributed by atoms with Gasteiger partial charge in [0.1, 0.15) is 0 Å². The van der Waals surface area contributed by atoms with Gasteiger partial charge < -0.3 is 10.1 Å². The fourth-order valence-electron chi connectivity index (χ4n) is 1.23. The number of hydrogen-bond donors (Lipinski definition) is 1. The Labute approximate surface area is 115 Å². The minimum atomic E-state index is -0.0178. The van der Waals surface area contributed by atoms with Crippen molar-refractivity contribution in [3.63, 3.8) is 0 Å². The van der Waals surface area contributed by atoms with Gasteiger partial charge in [0.2, 0.25) is 0 Å². The first-order chi connectivity index (χ1) is 8.09. The molecule has 1 amide bonds. The highest BCUT2D eigenvalue weighted by Gasteiger charge is 2.06. The maximum Gasteiger partial charge on any atom is 0.252 e. The van der Waals surface area contributed by atoms with Crippen molar-refractivity contribution in [2.45, 2.75) is 20.3 Å². The summed E-state index contributed by atoms with van der Waals surface area (Å²) in [5.74, 6) is 0.545. The highest BCUT2D eigenvalue weighted by Crippen LogP contribution is 2.20. The lowest BCUT2D eigenvalue weighted by molar-refractivity contribution is 0.0925. The van der Waals surface area contributed by atoms with Gasteiger partial charge in [-0.15, -0.1) is 11.3 Å². The van der Waals surface area contributed by atoms with E-state index in [-0.39, 0.29) is 5.91 Å². The molecule has 17 heavy (non-hydrogen) atoms. The summed E-state index contributed by atoms with van der Waals surface area (Å²) in [5.41, 5.74) is 0.713. The van der Waals surface area contributed by atoms with Crippen molar-refractivity contribution in [3.8, 4) is 0 Å². The van der Waals surface area contributed by atoms with Gasteiger partial charge in [0, 0.05) is 25.1 Å². The van der Waals surface area contributed by atoms with E-state index in [2.05, 4.69) is 35.1 Å². The SMILES string of the molecule is CC(C)COCCCNC(=O)c1csc(Br)c1. The Bertz CT molecular complexity index is 352. The number of carbonyl (C=O) groups is 1. The highest BCUT2D eigenvalue weighted by atomic mass is 79.9. The van der Waals surface area contributed by atoms with Gasteiger partial charge in [-0.25, -0.2) is 0 Å². The van der Waals surface area contributed by atoms with E-state index in [4.69, 9.17) is 4.74 Å². The predicted octanol–water partition coefficient (Wildman–Crippen LogP) is 3.30. The molecular weight excluding hydrogens is 302 g/mol. The van der Waals surface area contributed by atoms with E-state index in [0.29, 0.717) is 24.6 Å². The van der Waals surface area contributed by atoms with Crippen LogP contribution in [0.5, 0.6) is 0 Å². The van der Waals surface area contributed by atoms with Crippen molar-refractivity contribution in [1.29, 1.82) is 0 Å². The molecule has 1 N–H and O–H groups in total. The van der Waals surface area contributed by atoms with Gasteiger partial charge in [-0.1, -0.05) is 13.8 Å². The van der Waals surface area contributed by atoms with E-state index >= 15 is 0 Å². The third-order valence-electron chi connectivity index (χ3n) is 2.03. The smallest absolute Gasteiger partial charge is 0.252 e. The number of carbonyl (C=O) groups excluding carboxylic acids is 1. The fourth-order valence-corrected chi connectivity index (χ4v) is 2.36. The van der Waals surface area contributed by atoms with E-state index in [9.17, 15) is 4.79 Å². The van der Waals surface area contributed by atoms with Gasteiger partial charge in [-0.3, -0.25) is 4.79 Å². The van der Waals surface area contributed by atoms with Crippen LogP contribution >= 0.6 is 27.3 Å². The van der Waals surface area contributed by atoms with Crippen LogP contribution in [-0.4, -0.2) is 25.7 Å². The lowest BCUT2D eigenvalue weighted by Gasteiger charge is -2.07. The predicted molar refractivity (Wildman–Crippen MR) is 74.6 cm³/mol. The van der Waals surface area contributed by atoms with Gasteiger partial charge in [0.15, 0.2) is 0 Å². The average molecular weight is 320 g/mol. The van der Waals surface area contributed by atoms with Crippen LogP contribution in [0.1, 0.15) is 30.6 Å². The first-order valence-electron chi connectivity index (χ1n) is 5.69. The molecule has 3 nitrogen and oxygen atoms in total. The van der Waals surface area contributed by atoms with Crippen LogP contribution in [-0.2, 0) is 4.74 Å². The van der Waals surface area contributed by atoms with E-state index in [0.717, 1.165) is 16.8 Å². The molecule has 1 rings (SSSR count). The van der Waals surface area contributed by atoms with Crippen molar-refractivity contribution in [2.75, 3.05) is 19.8 Å². The standard InChI is InChI=1S/C12H18BrNO2S/c1-9(2)7-16-5-3-4-14-12(15)10-6-11(13)17-8-10/h6,8-9H,3-5,7H2,1-2H3,(H,14,15). The summed E-state index contributed by atoms with van der Waals surface area (Å²) in [6.45, 7) is 6.38. The van der Waals surface area contributed by atoms with Gasteiger partial charge in [0.05, 0.1) is 9.35 Å². The Morgan fingerprint density at radius 1 is 1.59 bits per heavy atom. The zero-order chi connectivity index (χ0) is 12.7. The number of halogens is 1. The van der Waals surface area contributed by atoms with Crippen LogP contribution in [0.15, 0.2) is 15.2 Å². The molecule has 5 heteroatoms. The lowest BCUT2D eigenvalue weighted by atomic mass is 10.2. The summed E-state index contributed by atoms with van der Waals surface area (Å²) < 4.78 is 6.40. The van der Waals surface area contributed by atoms with Crippen LogP contribution in [0.25, 0.3) is 0 Å². The van der Waals surface area contributed by atoms with Crippen molar-refractivity contribution in [1.82, 2.24) is 5.32 Å². The molecule has 0 saturated carbocycles. The molecule has 0 saturated heterocycles. The zero-order valence-corrected chi connectivity index (χ0v) is 12.6. The van der Waals surface area contributed by atoms with Crippen LogP contribution in [0.4, 0.5) is 0 Å². The first-order valence-corrected chi connectivity index (χ1v) is 7.37. The highest BCUT2D eigenvalue weighted by molar-refractivity contribution is 9.11. The molecule has 0 unspecified atom stereocenters. The van der Waals surface area contributed by atoms with Gasteiger partial charge in [0.25, 0.3) is 5.91 Å². The van der Waals surface area contributed by atoms with Crippen LogP contribution in [0, 0.1) is 5.92 Å². The van der Waals surface area contributed by atoms with Crippen molar-refractivity contribution < 1.29 is 9.53 Å². The number of ether oxygens (including phenoxy) is 1. The third-order valence-corrected chi connectivity index (χ3v) is 3.54. The monoisotopic (exact) mass is 319 g/mol. The zero-order valence-electron chi connectivity index (χ0n) is 10.2. The normalized spacial score (nSPS) is 10.8. The molecular formula is C12H18BrNO2S. The fraction of sp³-hybridized carbons (Fsp3) is 0.583. The largest absolute Gasteiger partial charge is 0.381 e. The second kappa shape index (κ2) is 7.84. The number of amides is 1. The minimum Gasteiger partial charge on any atom is -0.381 e. The van der Waals surface area contributed by atoms with Crippen molar-refractivity contribution >= 4 is 33.2 Å². The quantitative estimate of drug-likeness (QED) is 0.783. The number of hydrogen-bond acceptors (Lipinski definition) is 3. The van der Waals surface area contributed by atoms with Crippen molar-refractivity contribution in [3.05, 3.63) is 20.8 Å². The molecule has 0 aromatic carbocycles. The summed E-state index contributed by atoms with van der Waals surface area (Å²) in [5, 5.41) is 4.71. The number of thiophene rings is 1. The van der Waals surface area contributed by atoms with Gasteiger partial charge >= 0.3 is 0 Å². The Kier molecular flexibility index (Phi) is 6.77. The number of nitrogens with one attached hydrogen (secondary N) is 1. The second-order valence-corrected chi connectivity index (χ2v) is 6.51. The molecule has 0 fully saturated rings. The molecule has 0 aliphatic heterocycles. The van der Waals surface area contributed by atoms with E-state index < -0.39 is 0 Å². The number of rotatable bonds is 7. The molecule has 0 bridgehead atoms. The van der Waals surface area contributed by atoms with Crippen LogP contribution < -0.4 is 5.32 Å². The maximum absolute atomic E-state index is 11.6. The first kappa shape index (κ1) is 14.7. The average Bonchev–Trinajstić information content (AvgIpc) is 2.69. The summed E-state index contributed by atoms with van der Waals surface area (Å²) in [6, 6.07) is 1.83. The van der Waals surface area contributed by atoms with E-state index in [1.165, 1.54) is 11.3 Å². The molecule has 0 radical (unpaired) electrons. The van der Waals surface area contributed by atoms with Crippen LogP contribution in [0.3, 0.4) is 0 Å². The van der Waals surface area contributed by atoms with Crippen molar-refractivity contribution in [2.24, 2.45) is 5.92 Å². The third kappa shape index (κ3) is 6.19. The molecule has 1 aromatic heterocycles. The summed E-state index contributed by atoms with van der Waals surface area (Å²) in [6.07, 6.45) is 0.851. The maximum atomic E-state index is 11.6. The molecule has 0 aliphatic rings. The Morgan fingerprint density at radius 2 is 2.35 bits per heavy atom. The molecule has 1 aromatic rings. The van der Waals surface area contributed by atoms with E-state index in [1.807, 2.05) is 11.4 Å². The van der Waals surface area contributed by atoms with E-state index in [1.54, 1.807) is 0 Å². The molecule has 96 valence electrons. The lowest BCUT2D eigenvalue weighted by Crippen LogP contribution is -2.24. The molecule has 0 atom stereocenters. The van der Waals surface area contributed by atoms with Gasteiger partial charge in [-0.05, 0) is 34.3 Å². The summed E-state index contributed by atoms with van der Waals surface area (Å²) >= 11 is 4.85. The summed E-state index contributed by atoms with van der Waals surface area (Å²) in [7, 11) is 0. The molecule has 1 heterocycles. The minimum absolute atomic E-state index is 0.0178. The Hall–Kier alpha value is -0.390. The molecule has 0 spiro atoms. The second-order valence-electron chi connectivity index (χ2n) is 4.22.